The van der Waals surface area contributed by atoms with Crippen molar-refractivity contribution in [2.24, 2.45) is 5.41 Å². The van der Waals surface area contributed by atoms with E-state index in [2.05, 4.69) is 33.0 Å². The molecule has 3 atom stereocenters. The van der Waals surface area contributed by atoms with Crippen molar-refractivity contribution in [3.63, 3.8) is 0 Å². The summed E-state index contributed by atoms with van der Waals surface area (Å²) in [5, 5.41) is 13.3. The molecule has 1 fully saturated rings. The number of hydrogen-bond donors (Lipinski definition) is 2. The summed E-state index contributed by atoms with van der Waals surface area (Å²) in [7, 11) is 0. The predicted molar refractivity (Wildman–Crippen MR) is 60.3 cm³/mol. The largest absolute Gasteiger partial charge is 0.392 e. The van der Waals surface area contributed by atoms with E-state index in [1.807, 2.05) is 0 Å². The van der Waals surface area contributed by atoms with E-state index in [4.69, 9.17) is 0 Å². The third-order valence-corrected chi connectivity index (χ3v) is 3.78. The quantitative estimate of drug-likeness (QED) is 0.712. The topological polar surface area (TPSA) is 32.3 Å². The standard InChI is InChI=1S/C12H25NO/c1-5-7-9(6-2)13-10-8-11(14)12(10,3)4/h9-11,13-14H,5-8H2,1-4H3. The van der Waals surface area contributed by atoms with Gasteiger partial charge in [0.25, 0.3) is 0 Å². The maximum Gasteiger partial charge on any atom is 0.0621 e. The van der Waals surface area contributed by atoms with Crippen LogP contribution in [0.3, 0.4) is 0 Å². The first kappa shape index (κ1) is 12.0. The van der Waals surface area contributed by atoms with Crippen LogP contribution in [0.4, 0.5) is 0 Å². The highest BCUT2D eigenvalue weighted by atomic mass is 16.3. The first-order valence-electron chi connectivity index (χ1n) is 5.96. The Morgan fingerprint density at radius 2 is 2.07 bits per heavy atom. The third kappa shape index (κ3) is 2.29. The maximum absolute atomic E-state index is 9.62. The Kier molecular flexibility index (Phi) is 3.96. The summed E-state index contributed by atoms with van der Waals surface area (Å²) >= 11 is 0. The van der Waals surface area contributed by atoms with Gasteiger partial charge in [0.15, 0.2) is 0 Å². The SMILES string of the molecule is CCCC(CC)NC1CC(O)C1(C)C. The smallest absolute Gasteiger partial charge is 0.0621 e. The second-order valence-corrected chi connectivity index (χ2v) is 5.19. The summed E-state index contributed by atoms with van der Waals surface area (Å²) in [6, 6.07) is 1.14. The van der Waals surface area contributed by atoms with Crippen molar-refractivity contribution in [1.82, 2.24) is 5.32 Å². The molecule has 0 saturated heterocycles. The molecule has 2 heteroatoms. The van der Waals surface area contributed by atoms with Crippen LogP contribution in [0.15, 0.2) is 0 Å². The molecule has 2 nitrogen and oxygen atoms in total. The van der Waals surface area contributed by atoms with Gasteiger partial charge in [-0.1, -0.05) is 34.1 Å². The van der Waals surface area contributed by atoms with Crippen LogP contribution >= 0.6 is 0 Å². The Hall–Kier alpha value is -0.0800. The van der Waals surface area contributed by atoms with Gasteiger partial charge in [0.05, 0.1) is 6.10 Å². The summed E-state index contributed by atoms with van der Waals surface area (Å²) in [4.78, 5) is 0. The minimum absolute atomic E-state index is 0.0706. The van der Waals surface area contributed by atoms with Gasteiger partial charge in [0.1, 0.15) is 0 Å². The van der Waals surface area contributed by atoms with Crippen molar-refractivity contribution in [2.45, 2.75) is 71.6 Å². The van der Waals surface area contributed by atoms with Crippen LogP contribution in [-0.2, 0) is 0 Å². The van der Waals surface area contributed by atoms with Gasteiger partial charge < -0.3 is 10.4 Å². The van der Waals surface area contributed by atoms with E-state index in [0.717, 1.165) is 6.42 Å². The van der Waals surface area contributed by atoms with Crippen molar-refractivity contribution in [3.8, 4) is 0 Å². The molecule has 2 N–H and O–H groups in total. The third-order valence-electron chi connectivity index (χ3n) is 3.78. The van der Waals surface area contributed by atoms with Crippen LogP contribution in [0.5, 0.6) is 0 Å². The molecule has 0 aromatic heterocycles. The van der Waals surface area contributed by atoms with Gasteiger partial charge in [-0.2, -0.15) is 0 Å². The van der Waals surface area contributed by atoms with Gasteiger partial charge >= 0.3 is 0 Å². The van der Waals surface area contributed by atoms with Gasteiger partial charge in [-0.3, -0.25) is 0 Å². The molecule has 0 heterocycles. The van der Waals surface area contributed by atoms with E-state index in [1.165, 1.54) is 19.3 Å². The fourth-order valence-corrected chi connectivity index (χ4v) is 2.22. The molecule has 0 spiro atoms. The van der Waals surface area contributed by atoms with Gasteiger partial charge in [-0.05, 0) is 19.3 Å². The molecule has 1 aliphatic carbocycles. The molecular weight excluding hydrogens is 174 g/mol. The highest BCUT2D eigenvalue weighted by Crippen LogP contribution is 2.40. The summed E-state index contributed by atoms with van der Waals surface area (Å²) < 4.78 is 0. The maximum atomic E-state index is 9.62. The molecule has 14 heavy (non-hydrogen) atoms. The minimum atomic E-state index is -0.112. The lowest BCUT2D eigenvalue weighted by Gasteiger charge is -2.51. The Morgan fingerprint density at radius 3 is 2.43 bits per heavy atom. The van der Waals surface area contributed by atoms with Gasteiger partial charge in [-0.25, -0.2) is 0 Å². The Morgan fingerprint density at radius 1 is 1.43 bits per heavy atom. The van der Waals surface area contributed by atoms with E-state index >= 15 is 0 Å². The molecule has 0 radical (unpaired) electrons. The highest BCUT2D eigenvalue weighted by molar-refractivity contribution is 5.02. The second-order valence-electron chi connectivity index (χ2n) is 5.19. The lowest BCUT2D eigenvalue weighted by molar-refractivity contribution is -0.0762. The van der Waals surface area contributed by atoms with Crippen molar-refractivity contribution in [1.29, 1.82) is 0 Å². The molecule has 0 aromatic rings. The molecule has 1 saturated carbocycles. The van der Waals surface area contributed by atoms with Crippen LogP contribution in [0, 0.1) is 5.41 Å². The van der Waals surface area contributed by atoms with Gasteiger partial charge in [-0.15, -0.1) is 0 Å². The van der Waals surface area contributed by atoms with Crippen LogP contribution in [0.1, 0.15) is 53.4 Å². The second kappa shape index (κ2) is 4.63. The molecule has 0 aromatic carbocycles. The highest BCUT2D eigenvalue weighted by Gasteiger charge is 2.47. The number of hydrogen-bond acceptors (Lipinski definition) is 2. The van der Waals surface area contributed by atoms with Gasteiger partial charge in [0.2, 0.25) is 0 Å². The Labute approximate surface area is 88.1 Å². The van der Waals surface area contributed by atoms with Crippen LogP contribution in [0.25, 0.3) is 0 Å². The molecule has 0 bridgehead atoms. The summed E-state index contributed by atoms with van der Waals surface area (Å²) in [6.07, 6.45) is 4.49. The van der Waals surface area contributed by atoms with Crippen molar-refractivity contribution >= 4 is 0 Å². The zero-order valence-corrected chi connectivity index (χ0v) is 10.0. The van der Waals surface area contributed by atoms with Crippen LogP contribution < -0.4 is 5.32 Å². The van der Waals surface area contributed by atoms with Crippen molar-refractivity contribution in [3.05, 3.63) is 0 Å². The number of aliphatic hydroxyl groups is 1. The van der Waals surface area contributed by atoms with E-state index in [0.29, 0.717) is 12.1 Å². The fraction of sp³-hybridized carbons (Fsp3) is 1.00. The van der Waals surface area contributed by atoms with Gasteiger partial charge in [0, 0.05) is 17.5 Å². The molecule has 1 rings (SSSR count). The average Bonchev–Trinajstić information content (AvgIpc) is 2.16. The zero-order valence-electron chi connectivity index (χ0n) is 10.0. The molecular formula is C12H25NO. The predicted octanol–water partition coefficient (Wildman–Crippen LogP) is 2.31. The van der Waals surface area contributed by atoms with Crippen molar-refractivity contribution in [2.75, 3.05) is 0 Å². The molecule has 3 unspecified atom stereocenters. The number of aliphatic hydroxyl groups excluding tert-OH is 1. The monoisotopic (exact) mass is 199 g/mol. The van der Waals surface area contributed by atoms with Crippen LogP contribution in [-0.4, -0.2) is 23.3 Å². The first-order chi connectivity index (χ1) is 6.52. The number of rotatable bonds is 5. The number of nitrogens with one attached hydrogen (secondary N) is 1. The van der Waals surface area contributed by atoms with E-state index in [-0.39, 0.29) is 11.5 Å². The summed E-state index contributed by atoms with van der Waals surface area (Å²) in [5.41, 5.74) is 0.0706. The van der Waals surface area contributed by atoms with E-state index in [9.17, 15) is 5.11 Å². The summed E-state index contributed by atoms with van der Waals surface area (Å²) in [5.74, 6) is 0. The van der Waals surface area contributed by atoms with E-state index in [1.54, 1.807) is 0 Å². The van der Waals surface area contributed by atoms with Crippen LogP contribution in [0.2, 0.25) is 0 Å². The molecule has 0 aliphatic heterocycles. The Balaban J connectivity index is 2.37. The molecule has 1 aliphatic rings. The molecule has 0 amide bonds. The van der Waals surface area contributed by atoms with Crippen molar-refractivity contribution < 1.29 is 5.11 Å². The normalized spacial score (nSPS) is 32.4. The summed E-state index contributed by atoms with van der Waals surface area (Å²) in [6.45, 7) is 8.76. The van der Waals surface area contributed by atoms with E-state index < -0.39 is 0 Å². The lowest BCUT2D eigenvalue weighted by Crippen LogP contribution is -2.61. The molecule has 84 valence electrons. The minimum Gasteiger partial charge on any atom is -0.392 e. The zero-order chi connectivity index (χ0) is 10.8. The average molecular weight is 199 g/mol. The first-order valence-corrected chi connectivity index (χ1v) is 5.96. The lowest BCUT2D eigenvalue weighted by atomic mass is 9.64. The fourth-order valence-electron chi connectivity index (χ4n) is 2.22. The Bertz CT molecular complexity index is 179.